The first-order valence-electron chi connectivity index (χ1n) is 6.06. The minimum atomic E-state index is -3.46. The molecule has 0 saturated heterocycles. The largest absolute Gasteiger partial charge is 0.447 e. The van der Waals surface area contributed by atoms with Crippen LogP contribution in [0.5, 0.6) is 0 Å². The molecule has 0 amide bonds. The molecule has 0 unspecified atom stereocenters. The second kappa shape index (κ2) is 6.36. The molecular weight excluding hydrogens is 252 g/mol. The normalized spacial score (nSPS) is 12.6. The van der Waals surface area contributed by atoms with Crippen LogP contribution in [0.15, 0.2) is 21.6 Å². The van der Waals surface area contributed by atoms with E-state index in [0.717, 1.165) is 17.3 Å². The van der Waals surface area contributed by atoms with E-state index in [-0.39, 0.29) is 5.09 Å². The second-order valence-electron chi connectivity index (χ2n) is 4.87. The summed E-state index contributed by atoms with van der Waals surface area (Å²) >= 11 is 0. The number of nitrogens with zero attached hydrogens (tertiary/aromatic N) is 1. The molecule has 6 heteroatoms. The van der Waals surface area contributed by atoms with Crippen LogP contribution in [0.25, 0.3) is 0 Å². The van der Waals surface area contributed by atoms with Gasteiger partial charge < -0.3 is 9.73 Å². The maximum absolute atomic E-state index is 11.8. The SMILES string of the molecule is CC(C)CCNCc1ccc(S(=O)(=O)N(C)C)o1. The lowest BCUT2D eigenvalue weighted by atomic mass is 10.1. The van der Waals surface area contributed by atoms with Crippen LogP contribution < -0.4 is 5.32 Å². The number of hydrogen-bond acceptors (Lipinski definition) is 4. The molecule has 0 atom stereocenters. The molecule has 1 aromatic heterocycles. The predicted molar refractivity (Wildman–Crippen MR) is 70.7 cm³/mol. The third kappa shape index (κ3) is 4.12. The third-order valence-corrected chi connectivity index (χ3v) is 4.26. The van der Waals surface area contributed by atoms with Gasteiger partial charge in [-0.15, -0.1) is 0 Å². The highest BCUT2D eigenvalue weighted by Gasteiger charge is 2.21. The minimum Gasteiger partial charge on any atom is -0.447 e. The number of furan rings is 1. The van der Waals surface area contributed by atoms with Crippen LogP contribution in [0.1, 0.15) is 26.0 Å². The zero-order valence-electron chi connectivity index (χ0n) is 11.4. The average molecular weight is 274 g/mol. The predicted octanol–water partition coefficient (Wildman–Crippen LogP) is 1.67. The molecule has 0 aliphatic rings. The van der Waals surface area contributed by atoms with Gasteiger partial charge in [0, 0.05) is 14.1 Å². The van der Waals surface area contributed by atoms with Gasteiger partial charge in [-0.05, 0) is 31.0 Å². The Kier molecular flexibility index (Phi) is 5.37. The second-order valence-corrected chi connectivity index (χ2v) is 6.95. The molecule has 0 fully saturated rings. The van der Waals surface area contributed by atoms with E-state index in [0.29, 0.717) is 18.2 Å². The molecule has 0 aliphatic heterocycles. The summed E-state index contributed by atoms with van der Waals surface area (Å²) in [5, 5.41) is 3.22. The Morgan fingerprint density at radius 2 is 2.00 bits per heavy atom. The molecule has 1 N–H and O–H groups in total. The maximum atomic E-state index is 11.8. The van der Waals surface area contributed by atoms with Gasteiger partial charge in [-0.1, -0.05) is 13.8 Å². The van der Waals surface area contributed by atoms with Gasteiger partial charge in [-0.3, -0.25) is 0 Å². The van der Waals surface area contributed by atoms with Crippen LogP contribution in [-0.4, -0.2) is 33.4 Å². The van der Waals surface area contributed by atoms with E-state index in [2.05, 4.69) is 19.2 Å². The lowest BCUT2D eigenvalue weighted by molar-refractivity contribution is 0.386. The van der Waals surface area contributed by atoms with Crippen LogP contribution in [0.4, 0.5) is 0 Å². The Balaban J connectivity index is 2.54. The first-order valence-corrected chi connectivity index (χ1v) is 7.50. The molecule has 0 bridgehead atoms. The van der Waals surface area contributed by atoms with Gasteiger partial charge in [-0.25, -0.2) is 12.7 Å². The van der Waals surface area contributed by atoms with Crippen molar-refractivity contribution >= 4 is 10.0 Å². The Labute approximate surface area is 109 Å². The smallest absolute Gasteiger partial charge is 0.275 e. The van der Waals surface area contributed by atoms with E-state index in [1.807, 2.05) is 0 Å². The van der Waals surface area contributed by atoms with Crippen molar-refractivity contribution in [3.05, 3.63) is 17.9 Å². The summed E-state index contributed by atoms with van der Waals surface area (Å²) < 4.78 is 30.0. The Morgan fingerprint density at radius 3 is 2.56 bits per heavy atom. The lowest BCUT2D eigenvalue weighted by Gasteiger charge is -2.08. The highest BCUT2D eigenvalue weighted by atomic mass is 32.2. The van der Waals surface area contributed by atoms with Crippen molar-refractivity contribution in [2.45, 2.75) is 31.9 Å². The highest BCUT2D eigenvalue weighted by Crippen LogP contribution is 2.16. The first-order chi connectivity index (χ1) is 8.34. The van der Waals surface area contributed by atoms with Gasteiger partial charge >= 0.3 is 0 Å². The topological polar surface area (TPSA) is 62.6 Å². The molecule has 18 heavy (non-hydrogen) atoms. The fourth-order valence-corrected chi connectivity index (χ4v) is 2.19. The summed E-state index contributed by atoms with van der Waals surface area (Å²) in [5.74, 6) is 1.29. The van der Waals surface area contributed by atoms with Crippen LogP contribution in [0.3, 0.4) is 0 Å². The fourth-order valence-electron chi connectivity index (χ4n) is 1.37. The molecule has 104 valence electrons. The summed E-state index contributed by atoms with van der Waals surface area (Å²) in [6.07, 6.45) is 1.09. The van der Waals surface area contributed by atoms with Crippen molar-refractivity contribution in [1.82, 2.24) is 9.62 Å². The molecule has 0 aromatic carbocycles. The monoisotopic (exact) mass is 274 g/mol. The van der Waals surface area contributed by atoms with E-state index in [1.165, 1.54) is 20.2 Å². The average Bonchev–Trinajstić information content (AvgIpc) is 2.73. The highest BCUT2D eigenvalue weighted by molar-refractivity contribution is 7.88. The number of nitrogens with one attached hydrogen (secondary N) is 1. The third-order valence-electron chi connectivity index (χ3n) is 2.57. The van der Waals surface area contributed by atoms with E-state index < -0.39 is 10.0 Å². The van der Waals surface area contributed by atoms with Crippen molar-refractivity contribution in [2.24, 2.45) is 5.92 Å². The Hall–Kier alpha value is -0.850. The molecular formula is C12H22N2O3S. The standard InChI is InChI=1S/C12H22N2O3S/c1-10(2)7-8-13-9-11-5-6-12(17-11)18(15,16)14(3)4/h5-6,10,13H,7-9H2,1-4H3. The molecule has 0 radical (unpaired) electrons. The van der Waals surface area contributed by atoms with Crippen molar-refractivity contribution in [2.75, 3.05) is 20.6 Å². The van der Waals surface area contributed by atoms with Gasteiger partial charge in [0.1, 0.15) is 5.76 Å². The molecule has 1 heterocycles. The lowest BCUT2D eigenvalue weighted by Crippen LogP contribution is -2.21. The van der Waals surface area contributed by atoms with Gasteiger partial charge in [0.15, 0.2) is 0 Å². The van der Waals surface area contributed by atoms with Gasteiger partial charge in [0.2, 0.25) is 5.09 Å². The van der Waals surface area contributed by atoms with Crippen LogP contribution in [0.2, 0.25) is 0 Å². The van der Waals surface area contributed by atoms with E-state index in [1.54, 1.807) is 6.07 Å². The van der Waals surface area contributed by atoms with Crippen molar-refractivity contribution in [1.29, 1.82) is 0 Å². The van der Waals surface area contributed by atoms with Crippen molar-refractivity contribution < 1.29 is 12.8 Å². The zero-order chi connectivity index (χ0) is 13.8. The van der Waals surface area contributed by atoms with Gasteiger partial charge in [0.25, 0.3) is 10.0 Å². The summed E-state index contributed by atoms with van der Waals surface area (Å²) in [7, 11) is -0.492. The Bertz CT molecular complexity index is 463. The van der Waals surface area contributed by atoms with Gasteiger partial charge in [0.05, 0.1) is 6.54 Å². The summed E-state index contributed by atoms with van der Waals surface area (Å²) in [6, 6.07) is 3.19. The Morgan fingerprint density at radius 1 is 1.33 bits per heavy atom. The number of rotatable bonds is 7. The van der Waals surface area contributed by atoms with Crippen LogP contribution >= 0.6 is 0 Å². The van der Waals surface area contributed by atoms with Crippen LogP contribution in [-0.2, 0) is 16.6 Å². The quantitative estimate of drug-likeness (QED) is 0.768. The van der Waals surface area contributed by atoms with E-state index in [9.17, 15) is 8.42 Å². The molecule has 5 nitrogen and oxygen atoms in total. The summed E-state index contributed by atoms with van der Waals surface area (Å²) in [4.78, 5) is 0. The zero-order valence-corrected chi connectivity index (χ0v) is 12.3. The fraction of sp³-hybridized carbons (Fsp3) is 0.667. The summed E-state index contributed by atoms with van der Waals surface area (Å²) in [6.45, 7) is 5.77. The van der Waals surface area contributed by atoms with Crippen LogP contribution in [0, 0.1) is 5.92 Å². The number of hydrogen-bond donors (Lipinski definition) is 1. The molecule has 0 aliphatic carbocycles. The van der Waals surface area contributed by atoms with Gasteiger partial charge in [-0.2, -0.15) is 0 Å². The molecule has 1 rings (SSSR count). The number of sulfonamides is 1. The molecule has 0 spiro atoms. The minimum absolute atomic E-state index is 0.00633. The van der Waals surface area contributed by atoms with Crippen molar-refractivity contribution in [3.63, 3.8) is 0 Å². The maximum Gasteiger partial charge on any atom is 0.275 e. The molecule has 1 aromatic rings. The van der Waals surface area contributed by atoms with E-state index in [4.69, 9.17) is 4.42 Å². The first kappa shape index (κ1) is 15.2. The summed E-state index contributed by atoms with van der Waals surface area (Å²) in [5.41, 5.74) is 0. The molecule has 0 saturated carbocycles. The van der Waals surface area contributed by atoms with Crippen molar-refractivity contribution in [3.8, 4) is 0 Å². The van der Waals surface area contributed by atoms with E-state index >= 15 is 0 Å².